The minimum Gasteiger partial charge on any atom is -0.389 e. The third kappa shape index (κ3) is 6.40. The average molecular weight is 595 g/mol. The summed E-state index contributed by atoms with van der Waals surface area (Å²) in [7, 11) is 0. The lowest BCUT2D eigenvalue weighted by molar-refractivity contribution is 0.0733. The van der Waals surface area contributed by atoms with Gasteiger partial charge in [-0.3, -0.25) is 9.59 Å². The fourth-order valence-corrected chi connectivity index (χ4v) is 7.23. The van der Waals surface area contributed by atoms with Crippen molar-refractivity contribution in [3.8, 4) is 0 Å². The number of carbonyl (C=O) groups excluding carboxylic acids is 2. The van der Waals surface area contributed by atoms with Gasteiger partial charge in [-0.15, -0.1) is 11.3 Å². The highest BCUT2D eigenvalue weighted by atomic mass is 32.1. The number of aliphatic hydroxyl groups is 1. The summed E-state index contributed by atoms with van der Waals surface area (Å²) in [6, 6.07) is 7.48. The van der Waals surface area contributed by atoms with Gasteiger partial charge >= 0.3 is 0 Å². The first-order valence-corrected chi connectivity index (χ1v) is 15.7. The lowest BCUT2D eigenvalue weighted by atomic mass is 9.94. The van der Waals surface area contributed by atoms with Crippen molar-refractivity contribution < 1.29 is 23.5 Å². The number of nitrogens with zero attached hydrogens (tertiary/aromatic N) is 2. The van der Waals surface area contributed by atoms with E-state index >= 15 is 0 Å². The molecule has 10 heteroatoms. The van der Waals surface area contributed by atoms with Gasteiger partial charge in [0.25, 0.3) is 11.8 Å². The smallest absolute Gasteiger partial charge is 0.254 e. The van der Waals surface area contributed by atoms with Gasteiger partial charge in [0.05, 0.1) is 18.2 Å². The second-order valence-electron chi connectivity index (χ2n) is 11.9. The summed E-state index contributed by atoms with van der Waals surface area (Å²) in [6.07, 6.45) is 4.45. The van der Waals surface area contributed by atoms with E-state index in [1.165, 1.54) is 12.1 Å². The molecule has 222 valence electrons. The Morgan fingerprint density at radius 2 is 1.83 bits per heavy atom. The summed E-state index contributed by atoms with van der Waals surface area (Å²) in [5.74, 6) is -1.67. The lowest BCUT2D eigenvalue weighted by Gasteiger charge is -2.29. The predicted molar refractivity (Wildman–Crippen MR) is 157 cm³/mol. The second kappa shape index (κ2) is 12.2. The molecular weight excluding hydrogens is 558 g/mol. The molecule has 42 heavy (non-hydrogen) atoms. The summed E-state index contributed by atoms with van der Waals surface area (Å²) in [4.78, 5) is 34.1. The normalized spacial score (nSPS) is 21.9. The third-order valence-electron chi connectivity index (χ3n) is 8.57. The molecule has 3 fully saturated rings. The maximum atomic E-state index is 14.0. The molecule has 2 amide bonds. The summed E-state index contributed by atoms with van der Waals surface area (Å²) < 4.78 is 28.0. The van der Waals surface area contributed by atoms with Gasteiger partial charge in [-0.05, 0) is 106 Å². The highest BCUT2D eigenvalue weighted by Gasteiger charge is 2.35. The van der Waals surface area contributed by atoms with Crippen LogP contribution >= 0.6 is 11.3 Å². The number of halogens is 2. The molecule has 2 saturated heterocycles. The Labute approximate surface area is 248 Å². The number of hydrogen-bond donors (Lipinski definition) is 3. The zero-order valence-electron chi connectivity index (χ0n) is 23.6. The Morgan fingerprint density at radius 3 is 2.50 bits per heavy atom. The molecule has 4 atom stereocenters. The Balaban J connectivity index is 1.27. The molecule has 6 rings (SSSR count). The number of benzene rings is 2. The van der Waals surface area contributed by atoms with E-state index in [-0.39, 0.29) is 24.4 Å². The Morgan fingerprint density at radius 1 is 1.07 bits per heavy atom. The first-order chi connectivity index (χ1) is 20.2. The molecule has 3 aliphatic rings. The topological polar surface area (TPSA) is 94.6 Å². The number of aliphatic hydroxyl groups excluding tert-OH is 1. The SMILES string of the molecule is Cc1csc([C@H]2CCCN2C(=O)c2cc(C(=O)N[C@H](Cc3cc(F)cc(F)c3)[C@H](O)[C@@H]3CCCN3)cc(C3CC3)c2)n1. The Hall–Kier alpha value is -3.21. The van der Waals surface area contributed by atoms with E-state index in [0.29, 0.717) is 29.2 Å². The van der Waals surface area contributed by atoms with E-state index < -0.39 is 29.7 Å². The van der Waals surface area contributed by atoms with Crippen molar-refractivity contribution in [2.45, 2.75) is 82.0 Å². The van der Waals surface area contributed by atoms with Crippen molar-refractivity contribution in [1.82, 2.24) is 20.5 Å². The molecule has 1 aromatic heterocycles. The van der Waals surface area contributed by atoms with Crippen LogP contribution in [0.2, 0.25) is 0 Å². The van der Waals surface area contributed by atoms with Gasteiger partial charge in [0, 0.05) is 40.9 Å². The monoisotopic (exact) mass is 594 g/mol. The molecule has 0 radical (unpaired) electrons. The van der Waals surface area contributed by atoms with Crippen molar-refractivity contribution in [1.29, 1.82) is 0 Å². The zero-order valence-corrected chi connectivity index (χ0v) is 24.4. The summed E-state index contributed by atoms with van der Waals surface area (Å²) in [6.45, 7) is 3.33. The molecule has 0 bridgehead atoms. The van der Waals surface area contributed by atoms with Gasteiger partial charge in [-0.25, -0.2) is 13.8 Å². The lowest BCUT2D eigenvalue weighted by Crippen LogP contribution is -2.52. The van der Waals surface area contributed by atoms with Crippen LogP contribution in [0.1, 0.15) is 93.0 Å². The number of thiazole rings is 1. The largest absolute Gasteiger partial charge is 0.389 e. The zero-order chi connectivity index (χ0) is 29.4. The van der Waals surface area contributed by atoms with Crippen LogP contribution in [0.3, 0.4) is 0 Å². The highest BCUT2D eigenvalue weighted by molar-refractivity contribution is 7.09. The van der Waals surface area contributed by atoms with Crippen molar-refractivity contribution in [2.24, 2.45) is 0 Å². The van der Waals surface area contributed by atoms with E-state index in [9.17, 15) is 23.5 Å². The molecule has 2 aliphatic heterocycles. The van der Waals surface area contributed by atoms with Crippen LogP contribution < -0.4 is 10.6 Å². The molecule has 2 aromatic carbocycles. The first kappa shape index (κ1) is 28.9. The standard InChI is InChI=1S/C32H36F2N4O3S/c1-18-17-42-31(36-18)28-5-3-9-38(28)32(41)23-14-21(20-6-7-20)13-22(15-23)30(40)37-27(29(39)26-4-2-8-35-26)12-19-10-24(33)16-25(34)11-19/h10-11,13-17,20,26-29,35,39H,2-9,12H2,1H3,(H,37,40)/t26-,27+,28+,29+/m0/s1. The molecule has 3 aromatic rings. The van der Waals surface area contributed by atoms with Crippen LogP contribution in [-0.2, 0) is 6.42 Å². The minimum absolute atomic E-state index is 0.0521. The van der Waals surface area contributed by atoms with Crippen LogP contribution in [-0.4, -0.2) is 58.1 Å². The summed E-state index contributed by atoms with van der Waals surface area (Å²) in [5, 5.41) is 20.4. The third-order valence-corrected chi connectivity index (χ3v) is 9.63. The fraction of sp³-hybridized carbons (Fsp3) is 0.469. The van der Waals surface area contributed by atoms with E-state index in [2.05, 4.69) is 15.6 Å². The summed E-state index contributed by atoms with van der Waals surface area (Å²) >= 11 is 1.57. The molecular formula is C32H36F2N4O3S. The van der Waals surface area contributed by atoms with Crippen molar-refractivity contribution in [3.63, 3.8) is 0 Å². The van der Waals surface area contributed by atoms with Crippen LogP contribution in [0.5, 0.6) is 0 Å². The molecule has 1 saturated carbocycles. The first-order valence-electron chi connectivity index (χ1n) is 14.8. The van der Waals surface area contributed by atoms with Crippen LogP contribution in [0.15, 0.2) is 41.8 Å². The summed E-state index contributed by atoms with van der Waals surface area (Å²) in [5.41, 5.74) is 3.04. The molecule has 3 heterocycles. The van der Waals surface area contributed by atoms with E-state index in [1.807, 2.05) is 29.3 Å². The van der Waals surface area contributed by atoms with Gasteiger partial charge in [-0.1, -0.05) is 0 Å². The minimum atomic E-state index is -0.970. The van der Waals surface area contributed by atoms with Crippen molar-refractivity contribution >= 4 is 23.2 Å². The molecule has 0 spiro atoms. The Kier molecular flexibility index (Phi) is 8.38. The molecule has 3 N–H and O–H groups in total. The maximum absolute atomic E-state index is 14.0. The van der Waals surface area contributed by atoms with Gasteiger partial charge in [0.15, 0.2) is 0 Å². The van der Waals surface area contributed by atoms with E-state index in [0.717, 1.165) is 67.4 Å². The maximum Gasteiger partial charge on any atom is 0.254 e. The predicted octanol–water partition coefficient (Wildman–Crippen LogP) is 5.04. The van der Waals surface area contributed by atoms with Gasteiger partial charge in [0.2, 0.25) is 0 Å². The fourth-order valence-electron chi connectivity index (χ4n) is 6.29. The average Bonchev–Trinajstić information content (AvgIpc) is 3.30. The number of carbonyl (C=O) groups is 2. The molecule has 0 unspecified atom stereocenters. The number of hydrogen-bond acceptors (Lipinski definition) is 6. The quantitative estimate of drug-likeness (QED) is 0.323. The number of aromatic nitrogens is 1. The highest BCUT2D eigenvalue weighted by Crippen LogP contribution is 2.41. The molecule has 7 nitrogen and oxygen atoms in total. The Bertz CT molecular complexity index is 1450. The number of nitrogens with one attached hydrogen (secondary N) is 2. The van der Waals surface area contributed by atoms with Crippen molar-refractivity contribution in [3.05, 3.63) is 86.4 Å². The number of aryl methyl sites for hydroxylation is 1. The van der Waals surface area contributed by atoms with Gasteiger partial charge < -0.3 is 20.6 Å². The number of rotatable bonds is 9. The van der Waals surface area contributed by atoms with Crippen LogP contribution in [0.25, 0.3) is 0 Å². The number of likely N-dealkylation sites (tertiary alicyclic amines) is 1. The van der Waals surface area contributed by atoms with Crippen LogP contribution in [0, 0.1) is 18.6 Å². The molecule has 1 aliphatic carbocycles. The van der Waals surface area contributed by atoms with Gasteiger partial charge in [0.1, 0.15) is 16.6 Å². The second-order valence-corrected chi connectivity index (χ2v) is 12.7. The van der Waals surface area contributed by atoms with E-state index in [4.69, 9.17) is 0 Å². The van der Waals surface area contributed by atoms with E-state index in [1.54, 1.807) is 17.4 Å². The number of amides is 2. The van der Waals surface area contributed by atoms with Gasteiger partial charge in [-0.2, -0.15) is 0 Å². The van der Waals surface area contributed by atoms with Crippen LogP contribution in [0.4, 0.5) is 8.78 Å². The van der Waals surface area contributed by atoms with Crippen molar-refractivity contribution in [2.75, 3.05) is 13.1 Å².